The first-order valence-corrected chi connectivity index (χ1v) is 10.7. The molecule has 3 heterocycles. The van der Waals surface area contributed by atoms with Gasteiger partial charge in [0.2, 0.25) is 0 Å². The predicted octanol–water partition coefficient (Wildman–Crippen LogP) is 3.99. The van der Waals surface area contributed by atoms with Gasteiger partial charge in [0.1, 0.15) is 35.1 Å². The number of amides is 1. The largest absolute Gasteiger partial charge is 0.496 e. The number of carbonyl (C=O) groups is 1. The number of halogens is 1. The third-order valence-corrected chi connectivity index (χ3v) is 5.68. The second-order valence-corrected chi connectivity index (χ2v) is 7.78. The van der Waals surface area contributed by atoms with E-state index in [2.05, 4.69) is 15.4 Å². The zero-order valence-electron chi connectivity index (χ0n) is 17.8. The highest BCUT2D eigenvalue weighted by atomic mass is 35.5. The molecule has 1 aliphatic heterocycles. The molecule has 0 saturated heterocycles. The summed E-state index contributed by atoms with van der Waals surface area (Å²) >= 11 is 6.28. The fourth-order valence-electron chi connectivity index (χ4n) is 3.68. The summed E-state index contributed by atoms with van der Waals surface area (Å²) in [5.74, 6) is 1.42. The van der Waals surface area contributed by atoms with E-state index < -0.39 is 0 Å². The lowest BCUT2D eigenvalue weighted by atomic mass is 10.1. The minimum atomic E-state index is -0.144. The minimum absolute atomic E-state index is 0.144. The normalized spacial score (nSPS) is 12.7. The summed E-state index contributed by atoms with van der Waals surface area (Å²) in [4.78, 5) is 21.3. The number of nitrogens with one attached hydrogen (secondary N) is 1. The van der Waals surface area contributed by atoms with E-state index in [0.29, 0.717) is 58.1 Å². The van der Waals surface area contributed by atoms with Gasteiger partial charge >= 0.3 is 0 Å². The first-order chi connectivity index (χ1) is 16.1. The lowest BCUT2D eigenvalue weighted by Gasteiger charge is -2.15. The van der Waals surface area contributed by atoms with E-state index in [1.165, 1.54) is 0 Å². The van der Waals surface area contributed by atoms with E-state index in [1.54, 1.807) is 30.1 Å². The topological polar surface area (TPSA) is 91.2 Å². The molecule has 9 heteroatoms. The van der Waals surface area contributed by atoms with E-state index in [0.717, 1.165) is 5.56 Å². The smallest absolute Gasteiger partial charge is 0.269 e. The van der Waals surface area contributed by atoms with Gasteiger partial charge in [0.15, 0.2) is 5.82 Å². The molecule has 5 rings (SSSR count). The molecule has 4 aromatic rings. The van der Waals surface area contributed by atoms with Gasteiger partial charge < -0.3 is 14.8 Å². The van der Waals surface area contributed by atoms with Crippen molar-refractivity contribution in [1.82, 2.24) is 25.1 Å². The molecular formula is C24H20ClN5O3. The van der Waals surface area contributed by atoms with Gasteiger partial charge in [-0.2, -0.15) is 5.10 Å². The Kier molecular flexibility index (Phi) is 5.66. The van der Waals surface area contributed by atoms with Crippen LogP contribution < -0.4 is 14.8 Å². The molecule has 0 spiro atoms. The monoisotopic (exact) mass is 461 g/mol. The summed E-state index contributed by atoms with van der Waals surface area (Å²) in [6.45, 7) is 1.45. The van der Waals surface area contributed by atoms with Crippen LogP contribution in [0, 0.1) is 0 Å². The number of hydrogen-bond donors (Lipinski definition) is 1. The highest BCUT2D eigenvalue weighted by molar-refractivity contribution is 6.31. The number of nitrogens with zero attached hydrogens (tertiary/aromatic N) is 4. The van der Waals surface area contributed by atoms with E-state index in [4.69, 9.17) is 26.1 Å². The molecule has 0 radical (unpaired) electrons. The zero-order valence-corrected chi connectivity index (χ0v) is 18.5. The summed E-state index contributed by atoms with van der Waals surface area (Å²) in [7, 11) is 1.59. The van der Waals surface area contributed by atoms with Gasteiger partial charge in [-0.15, -0.1) is 0 Å². The summed E-state index contributed by atoms with van der Waals surface area (Å²) in [5.41, 5.74) is 3.19. The van der Waals surface area contributed by atoms with Gasteiger partial charge in [-0.25, -0.2) is 9.97 Å². The molecule has 1 aliphatic rings. The quantitative estimate of drug-likeness (QED) is 0.467. The molecule has 0 unspecified atom stereocenters. The van der Waals surface area contributed by atoms with E-state index >= 15 is 0 Å². The van der Waals surface area contributed by atoms with Crippen LogP contribution in [0.15, 0.2) is 60.8 Å². The number of aromatic nitrogens is 4. The molecule has 0 saturated carbocycles. The molecule has 1 amide bonds. The Morgan fingerprint density at radius 3 is 2.76 bits per heavy atom. The van der Waals surface area contributed by atoms with Crippen molar-refractivity contribution < 1.29 is 14.3 Å². The van der Waals surface area contributed by atoms with Crippen LogP contribution in [0.2, 0.25) is 5.02 Å². The van der Waals surface area contributed by atoms with Crippen LogP contribution in [0.3, 0.4) is 0 Å². The first kappa shape index (κ1) is 21.0. The lowest BCUT2D eigenvalue weighted by Crippen LogP contribution is -2.35. The van der Waals surface area contributed by atoms with Crippen molar-refractivity contribution in [3.8, 4) is 34.3 Å². The first-order valence-electron chi connectivity index (χ1n) is 10.4. The van der Waals surface area contributed by atoms with E-state index in [9.17, 15) is 4.79 Å². The van der Waals surface area contributed by atoms with Crippen molar-refractivity contribution in [2.24, 2.45) is 0 Å². The van der Waals surface area contributed by atoms with Crippen molar-refractivity contribution in [2.75, 3.05) is 13.7 Å². The predicted molar refractivity (Wildman–Crippen MR) is 123 cm³/mol. The second kappa shape index (κ2) is 8.91. The van der Waals surface area contributed by atoms with Gasteiger partial charge in [0.25, 0.3) is 5.91 Å². The third-order valence-electron chi connectivity index (χ3n) is 5.31. The molecular weight excluding hydrogens is 442 g/mol. The van der Waals surface area contributed by atoms with Gasteiger partial charge in [-0.1, -0.05) is 35.9 Å². The molecule has 2 aromatic heterocycles. The summed E-state index contributed by atoms with van der Waals surface area (Å²) in [5, 5.41) is 8.00. The average Bonchev–Trinajstić information content (AvgIpc) is 3.29. The number of hydrogen-bond acceptors (Lipinski definition) is 6. The highest BCUT2D eigenvalue weighted by Gasteiger charge is 2.22. The van der Waals surface area contributed by atoms with Gasteiger partial charge in [0.05, 0.1) is 19.3 Å². The molecule has 0 fully saturated rings. The highest BCUT2D eigenvalue weighted by Crippen LogP contribution is 2.37. The fraction of sp³-hybridized carbons (Fsp3) is 0.167. The van der Waals surface area contributed by atoms with Gasteiger partial charge in [0, 0.05) is 23.3 Å². The van der Waals surface area contributed by atoms with Crippen LogP contribution in [0.4, 0.5) is 0 Å². The summed E-state index contributed by atoms with van der Waals surface area (Å²) < 4.78 is 13.4. The lowest BCUT2D eigenvalue weighted by molar-refractivity contribution is 0.0924. The Bertz CT molecular complexity index is 1340. The summed E-state index contributed by atoms with van der Waals surface area (Å²) in [6.07, 6.45) is 1.65. The van der Waals surface area contributed by atoms with Crippen molar-refractivity contribution >= 4 is 17.5 Å². The Balaban J connectivity index is 1.52. The van der Waals surface area contributed by atoms with Crippen molar-refractivity contribution in [3.63, 3.8) is 0 Å². The van der Waals surface area contributed by atoms with Crippen LogP contribution in [0.5, 0.6) is 11.5 Å². The van der Waals surface area contributed by atoms with Crippen LogP contribution in [0.1, 0.15) is 16.1 Å². The molecule has 1 N–H and O–H groups in total. The van der Waals surface area contributed by atoms with E-state index in [-0.39, 0.29) is 12.5 Å². The number of carbonyl (C=O) groups excluding carboxylic acids is 1. The zero-order chi connectivity index (χ0) is 22.8. The molecule has 2 aromatic carbocycles. The Labute approximate surface area is 195 Å². The maximum Gasteiger partial charge on any atom is 0.269 e. The fourth-order valence-corrected chi connectivity index (χ4v) is 3.87. The van der Waals surface area contributed by atoms with Crippen LogP contribution >= 0.6 is 11.6 Å². The van der Waals surface area contributed by atoms with Crippen molar-refractivity contribution in [2.45, 2.75) is 13.2 Å². The number of ether oxygens (including phenoxy) is 2. The molecule has 0 bridgehead atoms. The third kappa shape index (κ3) is 4.12. The number of methoxy groups -OCH3 is 1. The Morgan fingerprint density at radius 1 is 1.09 bits per heavy atom. The van der Waals surface area contributed by atoms with E-state index in [1.807, 2.05) is 42.5 Å². The van der Waals surface area contributed by atoms with Gasteiger partial charge in [-0.05, 0) is 30.3 Å². The van der Waals surface area contributed by atoms with Crippen LogP contribution in [-0.4, -0.2) is 39.3 Å². The molecule has 8 nitrogen and oxygen atoms in total. The molecule has 166 valence electrons. The van der Waals surface area contributed by atoms with Gasteiger partial charge in [-0.3, -0.25) is 9.48 Å². The Hall–Kier alpha value is -3.91. The van der Waals surface area contributed by atoms with Crippen molar-refractivity contribution in [3.05, 3.63) is 77.1 Å². The van der Waals surface area contributed by atoms with Crippen molar-refractivity contribution in [1.29, 1.82) is 0 Å². The number of rotatable bonds is 6. The molecule has 33 heavy (non-hydrogen) atoms. The minimum Gasteiger partial charge on any atom is -0.496 e. The van der Waals surface area contributed by atoms with Crippen LogP contribution in [0.25, 0.3) is 22.8 Å². The Morgan fingerprint density at radius 2 is 1.94 bits per heavy atom. The second-order valence-electron chi connectivity index (χ2n) is 7.37. The summed E-state index contributed by atoms with van der Waals surface area (Å²) in [6, 6.07) is 16.5. The molecule has 0 atom stereocenters. The molecule has 0 aliphatic carbocycles. The maximum atomic E-state index is 12.1. The SMILES string of the molecule is COc1cccc(OCc2ccccc2Cl)c1-c1nccc(-c2cc3n(n2)CCNC3=O)n1. The average molecular weight is 462 g/mol. The number of benzene rings is 2. The number of fused-ring (bicyclic) bond motifs is 1. The standard InChI is InChI=1S/C24H20ClN5O3/c1-32-20-7-4-8-21(33-14-15-5-2-3-6-16(15)25)22(20)23-26-10-9-17(28-23)18-13-19-24(31)27-11-12-30(19)29-18/h2-10,13H,11-12,14H2,1H3,(H,27,31). The van der Waals surface area contributed by atoms with Crippen LogP contribution in [-0.2, 0) is 13.2 Å². The maximum absolute atomic E-state index is 12.1.